The van der Waals surface area contributed by atoms with Crippen molar-refractivity contribution in [2.75, 3.05) is 6.61 Å². The molecule has 0 aromatic heterocycles. The van der Waals surface area contributed by atoms with Crippen LogP contribution in [0, 0.1) is 28.6 Å². The summed E-state index contributed by atoms with van der Waals surface area (Å²) in [6, 6.07) is 0. The van der Waals surface area contributed by atoms with Gasteiger partial charge >= 0.3 is 5.97 Å². The number of hydrogen-bond acceptors (Lipinski definition) is 9. The lowest BCUT2D eigenvalue weighted by Gasteiger charge is -2.65. The van der Waals surface area contributed by atoms with Gasteiger partial charge in [-0.05, 0) is 88.5 Å². The summed E-state index contributed by atoms with van der Waals surface area (Å²) >= 11 is 0. The molecule has 0 spiro atoms. The number of rotatable bonds is 4. The first-order valence-electron chi connectivity index (χ1n) is 15.4. The van der Waals surface area contributed by atoms with Crippen LogP contribution in [0.25, 0.3) is 0 Å². The van der Waals surface area contributed by atoms with Crippen molar-refractivity contribution in [3.63, 3.8) is 0 Å². The predicted molar refractivity (Wildman–Crippen MR) is 141 cm³/mol. The highest BCUT2D eigenvalue weighted by Gasteiger charge is 2.71. The van der Waals surface area contributed by atoms with Crippen LogP contribution >= 0.6 is 0 Å². The maximum Gasteiger partial charge on any atom is 0.331 e. The van der Waals surface area contributed by atoms with E-state index in [4.69, 9.17) is 23.7 Å². The highest BCUT2D eigenvalue weighted by Crippen LogP contribution is 2.70. The zero-order valence-corrected chi connectivity index (χ0v) is 23.9. The van der Waals surface area contributed by atoms with Crippen molar-refractivity contribution in [3.8, 4) is 0 Å². The average molecular weight is 561 g/mol. The molecule has 40 heavy (non-hydrogen) atoms. The SMILES string of the molecule is C[C@H]1O[C@@H]2[C@@H](C)O[C@@H](O[C@H]3CC[C@]4(C=O)[C@H]5CC[C@]6(C)[C@@H](C7=CC(=O)OC7)CC[C@]6(O)[C@@H]5CC[C@]4(O)C3)C[C@H]2O1. The Bertz CT molecular complexity index is 1090. The van der Waals surface area contributed by atoms with Crippen molar-refractivity contribution in [1.82, 2.24) is 0 Å². The number of cyclic esters (lactones) is 1. The minimum atomic E-state index is -1.18. The number of hydrogen-bond donors (Lipinski definition) is 2. The smallest absolute Gasteiger partial charge is 0.331 e. The number of esters is 1. The summed E-state index contributed by atoms with van der Waals surface area (Å²) in [6.07, 6.45) is 7.67. The highest BCUT2D eigenvalue weighted by atomic mass is 16.8. The van der Waals surface area contributed by atoms with Crippen LogP contribution in [0.5, 0.6) is 0 Å². The lowest BCUT2D eigenvalue weighted by molar-refractivity contribution is -0.278. The number of aldehydes is 1. The number of ether oxygens (including phenoxy) is 5. The molecule has 6 fully saturated rings. The maximum atomic E-state index is 13.1. The molecule has 0 bridgehead atoms. The van der Waals surface area contributed by atoms with Gasteiger partial charge in [-0.1, -0.05) is 6.92 Å². The first-order valence-corrected chi connectivity index (χ1v) is 15.4. The number of fused-ring (bicyclic) bond motifs is 6. The zero-order chi connectivity index (χ0) is 28.1. The number of carbonyl (C=O) groups excluding carboxylic acids is 2. The lowest BCUT2D eigenvalue weighted by Crippen LogP contribution is -2.69. The molecule has 0 radical (unpaired) electrons. The standard InChI is InChI=1S/C31H44O9/c1-17-27-24(38-18(2)39-27)13-26(37-17)40-20-4-9-29(16-32)22-5-8-28(3)21(19-12-25(33)36-15-19)7-11-31(28,35)23(22)6-10-30(29,34)14-20/h12,16-18,20-24,26-27,34-35H,4-11,13-15H2,1-3H3/t17-,18-,20+,21-,22+,23-,24-,26+,27-,28-,29+,30+,31+/m1/s1. The Balaban J connectivity index is 1.09. The molecule has 3 heterocycles. The van der Waals surface area contributed by atoms with Gasteiger partial charge in [0.05, 0.1) is 34.9 Å². The second-order valence-electron chi connectivity index (χ2n) is 14.1. The third-order valence-corrected chi connectivity index (χ3v) is 12.5. The van der Waals surface area contributed by atoms with Gasteiger partial charge in [0.15, 0.2) is 12.6 Å². The zero-order valence-electron chi connectivity index (χ0n) is 23.9. The van der Waals surface area contributed by atoms with E-state index in [9.17, 15) is 19.8 Å². The molecular formula is C31H44O9. The van der Waals surface area contributed by atoms with Crippen LogP contribution < -0.4 is 0 Å². The molecule has 0 amide bonds. The first-order chi connectivity index (χ1) is 19.0. The first kappa shape index (κ1) is 27.5. The molecule has 9 nitrogen and oxygen atoms in total. The third-order valence-electron chi connectivity index (χ3n) is 12.5. The Morgan fingerprint density at radius 1 is 1.00 bits per heavy atom. The fourth-order valence-electron chi connectivity index (χ4n) is 10.6. The summed E-state index contributed by atoms with van der Waals surface area (Å²) in [4.78, 5) is 24.9. The summed E-state index contributed by atoms with van der Waals surface area (Å²) in [7, 11) is 0. The van der Waals surface area contributed by atoms with E-state index in [1.165, 1.54) is 0 Å². The Morgan fingerprint density at radius 3 is 2.55 bits per heavy atom. The molecule has 13 atom stereocenters. The Labute approximate surface area is 235 Å². The van der Waals surface area contributed by atoms with Gasteiger partial charge in [-0.3, -0.25) is 0 Å². The van der Waals surface area contributed by atoms with Crippen molar-refractivity contribution in [2.45, 2.75) is 133 Å². The number of aliphatic hydroxyl groups is 2. The second kappa shape index (κ2) is 9.32. The van der Waals surface area contributed by atoms with Gasteiger partial charge in [0.2, 0.25) is 0 Å². The van der Waals surface area contributed by atoms with Gasteiger partial charge in [-0.2, -0.15) is 0 Å². The van der Waals surface area contributed by atoms with E-state index in [0.29, 0.717) is 51.6 Å². The molecule has 0 aromatic rings. The van der Waals surface area contributed by atoms with Crippen LogP contribution in [0.1, 0.15) is 85.0 Å². The Morgan fingerprint density at radius 2 is 1.80 bits per heavy atom. The highest BCUT2D eigenvalue weighted by molar-refractivity contribution is 5.85. The van der Waals surface area contributed by atoms with Crippen molar-refractivity contribution in [3.05, 3.63) is 11.6 Å². The molecule has 4 aliphatic carbocycles. The van der Waals surface area contributed by atoms with E-state index in [1.54, 1.807) is 6.08 Å². The van der Waals surface area contributed by atoms with Crippen molar-refractivity contribution in [1.29, 1.82) is 0 Å². The summed E-state index contributed by atoms with van der Waals surface area (Å²) in [5, 5.41) is 24.6. The van der Waals surface area contributed by atoms with Crippen LogP contribution in [-0.4, -0.2) is 77.3 Å². The normalized spacial score (nSPS) is 55.5. The summed E-state index contributed by atoms with van der Waals surface area (Å²) in [5.41, 5.74) is -2.42. The molecule has 2 N–H and O–H groups in total. The molecule has 4 saturated carbocycles. The molecule has 2 saturated heterocycles. The minimum absolute atomic E-state index is 0.0706. The van der Waals surface area contributed by atoms with E-state index in [0.717, 1.165) is 31.1 Å². The predicted octanol–water partition coefficient (Wildman–Crippen LogP) is 3.19. The Kier molecular flexibility index (Phi) is 6.40. The summed E-state index contributed by atoms with van der Waals surface area (Å²) in [5.74, 6) is -0.361. The fraction of sp³-hybridized carbons (Fsp3) is 0.871. The molecule has 0 unspecified atom stereocenters. The number of carbonyl (C=O) groups is 2. The van der Waals surface area contributed by atoms with Crippen LogP contribution in [0.3, 0.4) is 0 Å². The van der Waals surface area contributed by atoms with Gasteiger partial charge in [0, 0.05) is 24.3 Å². The van der Waals surface area contributed by atoms with Crippen LogP contribution in [-0.2, 0) is 33.3 Å². The van der Waals surface area contributed by atoms with Gasteiger partial charge in [-0.25, -0.2) is 4.79 Å². The van der Waals surface area contributed by atoms with Crippen molar-refractivity contribution >= 4 is 12.3 Å². The van der Waals surface area contributed by atoms with Crippen molar-refractivity contribution in [2.24, 2.45) is 28.6 Å². The summed E-state index contributed by atoms with van der Waals surface area (Å²) in [6.45, 7) is 6.35. The molecular weight excluding hydrogens is 516 g/mol. The van der Waals surface area contributed by atoms with Gasteiger partial charge < -0.3 is 38.7 Å². The van der Waals surface area contributed by atoms with E-state index in [1.807, 2.05) is 13.8 Å². The van der Waals surface area contributed by atoms with Crippen LogP contribution in [0.15, 0.2) is 11.6 Å². The molecule has 0 aromatic carbocycles. The van der Waals surface area contributed by atoms with Crippen LogP contribution in [0.4, 0.5) is 0 Å². The minimum Gasteiger partial charge on any atom is -0.458 e. The third kappa shape index (κ3) is 3.73. The van der Waals surface area contributed by atoms with E-state index in [2.05, 4.69) is 6.92 Å². The lowest BCUT2D eigenvalue weighted by atomic mass is 9.41. The van der Waals surface area contributed by atoms with E-state index in [-0.39, 0.29) is 59.8 Å². The average Bonchev–Trinajstić information content (AvgIpc) is 3.58. The van der Waals surface area contributed by atoms with E-state index < -0.39 is 22.9 Å². The summed E-state index contributed by atoms with van der Waals surface area (Å²) < 4.78 is 29.6. The van der Waals surface area contributed by atoms with E-state index >= 15 is 0 Å². The largest absolute Gasteiger partial charge is 0.458 e. The second-order valence-corrected chi connectivity index (χ2v) is 14.1. The molecule has 3 aliphatic heterocycles. The maximum absolute atomic E-state index is 13.1. The topological polar surface area (TPSA) is 121 Å². The molecule has 9 heteroatoms. The Hall–Kier alpha value is -1.36. The van der Waals surface area contributed by atoms with Gasteiger partial charge in [0.25, 0.3) is 0 Å². The quantitative estimate of drug-likeness (QED) is 0.303. The fourth-order valence-corrected chi connectivity index (χ4v) is 10.6. The molecule has 7 aliphatic rings. The van der Waals surface area contributed by atoms with Gasteiger partial charge in [-0.15, -0.1) is 0 Å². The monoisotopic (exact) mass is 560 g/mol. The molecule has 222 valence electrons. The van der Waals surface area contributed by atoms with Gasteiger partial charge in [0.1, 0.15) is 19.0 Å². The van der Waals surface area contributed by atoms with Crippen LogP contribution in [0.2, 0.25) is 0 Å². The molecule has 7 rings (SSSR count). The van der Waals surface area contributed by atoms with Crippen molar-refractivity contribution < 1.29 is 43.5 Å².